The summed E-state index contributed by atoms with van der Waals surface area (Å²) in [5.41, 5.74) is 0.643. The van der Waals surface area contributed by atoms with Gasteiger partial charge in [-0.1, -0.05) is 24.0 Å². The molecule has 0 atom stereocenters. The number of halogens is 3. The lowest BCUT2D eigenvalue weighted by Crippen LogP contribution is -2.07. The molecule has 3 rings (SSSR count). The third-order valence-electron chi connectivity index (χ3n) is 4.38. The van der Waals surface area contributed by atoms with Crippen LogP contribution < -0.4 is 0 Å². The first-order valence-corrected chi connectivity index (χ1v) is 11.2. The number of hydrogen-bond donors (Lipinski definition) is 1. The SMILES string of the molecule is CS(=O)(=O)c1ccc(-n2nc(C(F)(F)F)cc2-c2ccc(C#CCCCO)cc2)cc1. The summed E-state index contributed by atoms with van der Waals surface area (Å²) < 4.78 is 64.4. The van der Waals surface area contributed by atoms with Gasteiger partial charge in [-0.15, -0.1) is 0 Å². The number of aliphatic hydroxyl groups is 1. The van der Waals surface area contributed by atoms with Gasteiger partial charge in [0.15, 0.2) is 15.5 Å². The third kappa shape index (κ3) is 5.54. The summed E-state index contributed by atoms with van der Waals surface area (Å²) in [6.07, 6.45) is -2.46. The highest BCUT2D eigenvalue weighted by Crippen LogP contribution is 2.33. The van der Waals surface area contributed by atoms with Gasteiger partial charge in [0.25, 0.3) is 0 Å². The molecular formula is C22H19F3N2O3S. The molecule has 0 amide bonds. The molecule has 0 radical (unpaired) electrons. The first-order chi connectivity index (χ1) is 14.6. The molecule has 0 spiro atoms. The lowest BCUT2D eigenvalue weighted by atomic mass is 10.1. The van der Waals surface area contributed by atoms with Gasteiger partial charge in [-0.3, -0.25) is 0 Å². The van der Waals surface area contributed by atoms with Crippen LogP contribution in [0.25, 0.3) is 16.9 Å². The summed E-state index contributed by atoms with van der Waals surface area (Å²) in [5.74, 6) is 5.85. The molecule has 0 aliphatic heterocycles. The quantitative estimate of drug-likeness (QED) is 0.472. The summed E-state index contributed by atoms with van der Waals surface area (Å²) in [4.78, 5) is 0.0603. The summed E-state index contributed by atoms with van der Waals surface area (Å²) in [7, 11) is -3.43. The Morgan fingerprint density at radius 3 is 2.26 bits per heavy atom. The molecule has 0 unspecified atom stereocenters. The van der Waals surface area contributed by atoms with E-state index in [-0.39, 0.29) is 17.2 Å². The third-order valence-corrected chi connectivity index (χ3v) is 5.51. The second-order valence-electron chi connectivity index (χ2n) is 6.80. The smallest absolute Gasteiger partial charge is 0.396 e. The topological polar surface area (TPSA) is 72.2 Å². The summed E-state index contributed by atoms with van der Waals surface area (Å²) in [6.45, 7) is 0.0598. The lowest BCUT2D eigenvalue weighted by molar-refractivity contribution is -0.141. The van der Waals surface area contributed by atoms with E-state index in [0.29, 0.717) is 29.7 Å². The molecule has 0 saturated carbocycles. The van der Waals surface area contributed by atoms with Crippen molar-refractivity contribution in [3.8, 4) is 28.8 Å². The van der Waals surface area contributed by atoms with Crippen molar-refractivity contribution in [2.45, 2.75) is 23.9 Å². The maximum atomic E-state index is 13.3. The monoisotopic (exact) mass is 448 g/mol. The number of benzene rings is 2. The number of sulfone groups is 1. The van der Waals surface area contributed by atoms with Crippen molar-refractivity contribution in [2.24, 2.45) is 0 Å². The van der Waals surface area contributed by atoms with Crippen molar-refractivity contribution in [3.63, 3.8) is 0 Å². The zero-order valence-electron chi connectivity index (χ0n) is 16.5. The number of hydrogen-bond acceptors (Lipinski definition) is 4. The number of unbranched alkanes of at least 4 members (excludes halogenated alkanes) is 1. The van der Waals surface area contributed by atoms with Crippen LogP contribution in [0.2, 0.25) is 0 Å². The van der Waals surface area contributed by atoms with Gasteiger partial charge in [0.2, 0.25) is 0 Å². The predicted octanol–water partition coefficient (Wildman–Crippen LogP) is 4.09. The highest BCUT2D eigenvalue weighted by Gasteiger charge is 2.35. The zero-order valence-corrected chi connectivity index (χ0v) is 17.3. The summed E-state index contributed by atoms with van der Waals surface area (Å²) in [5, 5.41) is 12.5. The van der Waals surface area contributed by atoms with Gasteiger partial charge in [0, 0.05) is 30.4 Å². The average Bonchev–Trinajstić information content (AvgIpc) is 3.17. The largest absolute Gasteiger partial charge is 0.435 e. The van der Waals surface area contributed by atoms with Gasteiger partial charge >= 0.3 is 6.18 Å². The fraction of sp³-hybridized carbons (Fsp3) is 0.227. The average molecular weight is 448 g/mol. The highest BCUT2D eigenvalue weighted by atomic mass is 32.2. The van der Waals surface area contributed by atoms with Crippen molar-refractivity contribution >= 4 is 9.84 Å². The number of nitrogens with zero attached hydrogens (tertiary/aromatic N) is 2. The maximum Gasteiger partial charge on any atom is 0.435 e. The fourth-order valence-corrected chi connectivity index (χ4v) is 3.44. The van der Waals surface area contributed by atoms with Crippen LogP contribution >= 0.6 is 0 Å². The lowest BCUT2D eigenvalue weighted by Gasteiger charge is -2.09. The molecule has 0 aliphatic rings. The van der Waals surface area contributed by atoms with Gasteiger partial charge in [0.1, 0.15) is 0 Å². The normalized spacial score (nSPS) is 11.8. The molecule has 0 saturated heterocycles. The van der Waals surface area contributed by atoms with Crippen molar-refractivity contribution in [2.75, 3.05) is 12.9 Å². The first-order valence-electron chi connectivity index (χ1n) is 9.27. The van der Waals surface area contributed by atoms with Crippen molar-refractivity contribution in [3.05, 3.63) is 65.9 Å². The Kier molecular flexibility index (Phi) is 6.53. The van der Waals surface area contributed by atoms with E-state index in [4.69, 9.17) is 5.11 Å². The number of rotatable bonds is 5. The Bertz CT molecular complexity index is 1220. The van der Waals surface area contributed by atoms with Crippen LogP contribution in [-0.4, -0.2) is 36.2 Å². The van der Waals surface area contributed by atoms with Crippen LogP contribution in [0.1, 0.15) is 24.1 Å². The van der Waals surface area contributed by atoms with Gasteiger partial charge in [0.05, 0.1) is 16.3 Å². The Hall–Kier alpha value is -3.09. The molecule has 162 valence electrons. The number of alkyl halides is 3. The van der Waals surface area contributed by atoms with Crippen LogP contribution in [0.5, 0.6) is 0 Å². The Morgan fingerprint density at radius 2 is 1.71 bits per heavy atom. The standard InChI is InChI=1S/C22H19F3N2O3S/c1-31(29,30)19-12-10-18(11-13-19)27-20(15-21(26-27)22(23,24)25)17-8-6-16(7-9-17)5-3-2-4-14-28/h6-13,15,28H,2,4,14H2,1H3. The van der Waals surface area contributed by atoms with Crippen LogP contribution in [0.4, 0.5) is 13.2 Å². The van der Waals surface area contributed by atoms with Crippen LogP contribution in [0.3, 0.4) is 0 Å². The van der Waals surface area contributed by atoms with E-state index in [0.717, 1.165) is 17.0 Å². The highest BCUT2D eigenvalue weighted by molar-refractivity contribution is 7.90. The van der Waals surface area contributed by atoms with E-state index >= 15 is 0 Å². The molecule has 1 aromatic heterocycles. The molecule has 31 heavy (non-hydrogen) atoms. The minimum absolute atomic E-state index is 0.0598. The Labute approximate surface area is 178 Å². The molecule has 0 aliphatic carbocycles. The van der Waals surface area contributed by atoms with E-state index in [1.54, 1.807) is 24.3 Å². The van der Waals surface area contributed by atoms with E-state index < -0.39 is 21.7 Å². The minimum Gasteiger partial charge on any atom is -0.396 e. The Balaban J connectivity index is 2.01. The summed E-state index contributed by atoms with van der Waals surface area (Å²) in [6, 6.07) is 13.1. The second-order valence-corrected chi connectivity index (χ2v) is 8.81. The maximum absolute atomic E-state index is 13.3. The van der Waals surface area contributed by atoms with Crippen molar-refractivity contribution in [1.82, 2.24) is 9.78 Å². The summed E-state index contributed by atoms with van der Waals surface area (Å²) >= 11 is 0. The molecule has 9 heteroatoms. The van der Waals surface area contributed by atoms with Gasteiger partial charge in [-0.2, -0.15) is 18.3 Å². The number of aromatic nitrogens is 2. The molecule has 5 nitrogen and oxygen atoms in total. The molecule has 1 N–H and O–H groups in total. The van der Waals surface area contributed by atoms with E-state index in [1.165, 1.54) is 24.3 Å². The number of aliphatic hydroxyl groups excluding tert-OH is 1. The van der Waals surface area contributed by atoms with Crippen LogP contribution in [-0.2, 0) is 16.0 Å². The first kappa shape index (κ1) is 22.6. The molecule has 2 aromatic carbocycles. The van der Waals surface area contributed by atoms with Crippen molar-refractivity contribution in [1.29, 1.82) is 0 Å². The van der Waals surface area contributed by atoms with Gasteiger partial charge in [-0.05, 0) is 48.9 Å². The van der Waals surface area contributed by atoms with Crippen molar-refractivity contribution < 1.29 is 26.7 Å². The van der Waals surface area contributed by atoms with Crippen LogP contribution in [0, 0.1) is 11.8 Å². The molecule has 0 bridgehead atoms. The van der Waals surface area contributed by atoms with Crippen LogP contribution in [0.15, 0.2) is 59.5 Å². The second kappa shape index (κ2) is 8.96. The van der Waals surface area contributed by atoms with Gasteiger partial charge in [-0.25, -0.2) is 13.1 Å². The zero-order chi connectivity index (χ0) is 22.6. The van der Waals surface area contributed by atoms with E-state index in [1.807, 2.05) is 0 Å². The minimum atomic E-state index is -4.63. The Morgan fingerprint density at radius 1 is 1.06 bits per heavy atom. The molecule has 0 fully saturated rings. The van der Waals surface area contributed by atoms with E-state index in [2.05, 4.69) is 16.9 Å². The molecule has 1 heterocycles. The van der Waals surface area contributed by atoms with E-state index in [9.17, 15) is 21.6 Å². The molecule has 3 aromatic rings. The fourth-order valence-electron chi connectivity index (χ4n) is 2.81. The van der Waals surface area contributed by atoms with Gasteiger partial charge < -0.3 is 5.11 Å². The predicted molar refractivity (Wildman–Crippen MR) is 110 cm³/mol. The molecular weight excluding hydrogens is 429 g/mol.